The predicted molar refractivity (Wildman–Crippen MR) is 80.8 cm³/mol. The van der Waals surface area contributed by atoms with Crippen LogP contribution in [0.25, 0.3) is 0 Å². The van der Waals surface area contributed by atoms with Gasteiger partial charge < -0.3 is 20.5 Å². The lowest BCUT2D eigenvalue weighted by molar-refractivity contribution is -0.389. The number of nitrogens with one attached hydrogen (secondary N) is 4. The molecule has 0 aromatic carbocycles. The summed E-state index contributed by atoms with van der Waals surface area (Å²) in [5.41, 5.74) is -0.766. The highest BCUT2D eigenvalue weighted by molar-refractivity contribution is 6.09. The maximum Gasteiger partial charge on any atom is 0.353 e. The largest absolute Gasteiger partial charge is 0.477 e. The van der Waals surface area contributed by atoms with Crippen LogP contribution in [0.1, 0.15) is 37.2 Å². The first-order chi connectivity index (χ1) is 12.3. The summed E-state index contributed by atoms with van der Waals surface area (Å²) in [5, 5.41) is 39.1. The first-order valence-corrected chi connectivity index (χ1v) is 6.75. The Hall–Kier alpha value is -4.36. The number of aromatic nitrogens is 6. The van der Waals surface area contributed by atoms with Crippen LogP contribution in [0.4, 0.5) is 11.6 Å². The van der Waals surface area contributed by atoms with Crippen LogP contribution in [-0.2, 0) is 0 Å². The van der Waals surface area contributed by atoms with Gasteiger partial charge in [-0.1, -0.05) is 5.10 Å². The summed E-state index contributed by atoms with van der Waals surface area (Å²) >= 11 is 0. The monoisotopic (exact) mass is 360 g/mol. The molecule has 0 bridgehead atoms. The Labute approximate surface area is 141 Å². The van der Waals surface area contributed by atoms with Gasteiger partial charge in [-0.05, 0) is 4.92 Å². The van der Waals surface area contributed by atoms with E-state index in [2.05, 4.69) is 35.9 Å². The van der Waals surface area contributed by atoms with Gasteiger partial charge in [0, 0.05) is 12.1 Å². The summed E-state index contributed by atoms with van der Waals surface area (Å²) in [6.45, 7) is 0. The van der Waals surface area contributed by atoms with E-state index in [9.17, 15) is 24.5 Å². The van der Waals surface area contributed by atoms with Crippen molar-refractivity contribution in [2.24, 2.45) is 0 Å². The third kappa shape index (κ3) is 3.14. The second-order valence-electron chi connectivity index (χ2n) is 4.82. The van der Waals surface area contributed by atoms with E-state index >= 15 is 0 Å². The number of hydrogen-bond acceptors (Lipinski definition) is 8. The van der Waals surface area contributed by atoms with Gasteiger partial charge in [0.05, 0.1) is 6.07 Å². The van der Waals surface area contributed by atoms with E-state index in [1.165, 1.54) is 0 Å². The molecule has 0 aliphatic carbocycles. The number of carbonyl (C=O) groups excluding carboxylic acids is 2. The van der Waals surface area contributed by atoms with E-state index in [4.69, 9.17) is 5.11 Å². The molecule has 0 saturated carbocycles. The highest BCUT2D eigenvalue weighted by atomic mass is 16.6. The Morgan fingerprint density at radius 1 is 1.00 bits per heavy atom. The van der Waals surface area contributed by atoms with E-state index in [0.717, 1.165) is 18.2 Å². The number of nitrogens with zero attached hydrogens (tertiary/aromatic N) is 4. The van der Waals surface area contributed by atoms with Crippen molar-refractivity contribution in [1.29, 1.82) is 0 Å². The molecule has 0 fully saturated rings. The number of H-pyrrole nitrogens is 3. The third-order valence-electron chi connectivity index (χ3n) is 3.10. The average molecular weight is 360 g/mol. The van der Waals surface area contributed by atoms with Crippen molar-refractivity contribution >= 4 is 29.3 Å². The summed E-state index contributed by atoms with van der Waals surface area (Å²) in [4.78, 5) is 44.8. The molecule has 14 heteroatoms. The first-order valence-electron chi connectivity index (χ1n) is 6.75. The minimum Gasteiger partial charge on any atom is -0.477 e. The molecule has 0 unspecified atom stereocenters. The van der Waals surface area contributed by atoms with Crippen LogP contribution in [0.15, 0.2) is 18.2 Å². The molecule has 0 aliphatic heterocycles. The van der Waals surface area contributed by atoms with Crippen molar-refractivity contribution in [3.63, 3.8) is 0 Å². The lowest BCUT2D eigenvalue weighted by Gasteiger charge is -1.97. The topological polar surface area (TPSA) is 213 Å². The smallest absolute Gasteiger partial charge is 0.353 e. The van der Waals surface area contributed by atoms with E-state index < -0.39 is 28.4 Å². The Morgan fingerprint density at radius 3 is 2.27 bits per heavy atom. The maximum atomic E-state index is 12.2. The van der Waals surface area contributed by atoms with Gasteiger partial charge in [0.1, 0.15) is 17.1 Å². The number of hydrogen-bond donors (Lipinski definition) is 5. The van der Waals surface area contributed by atoms with Crippen molar-refractivity contribution in [2.75, 3.05) is 5.32 Å². The van der Waals surface area contributed by atoms with Crippen LogP contribution >= 0.6 is 0 Å². The molecule has 3 rings (SSSR count). The zero-order chi connectivity index (χ0) is 18.8. The maximum absolute atomic E-state index is 12.2. The lowest BCUT2D eigenvalue weighted by Crippen LogP contribution is -2.12. The fourth-order valence-electron chi connectivity index (χ4n) is 1.89. The molecule has 132 valence electrons. The molecule has 14 nitrogen and oxygen atoms in total. The van der Waals surface area contributed by atoms with Crippen LogP contribution in [-0.4, -0.2) is 58.3 Å². The van der Waals surface area contributed by atoms with Crippen molar-refractivity contribution in [3.8, 4) is 0 Å². The van der Waals surface area contributed by atoms with Crippen LogP contribution in [0.5, 0.6) is 0 Å². The molecule has 3 aromatic rings. The normalized spacial score (nSPS) is 10.5. The van der Waals surface area contributed by atoms with Gasteiger partial charge in [-0.15, -0.1) is 5.10 Å². The van der Waals surface area contributed by atoms with Gasteiger partial charge in [-0.2, -0.15) is 10.2 Å². The molecule has 1 amide bonds. The summed E-state index contributed by atoms with van der Waals surface area (Å²) in [5.74, 6) is -3.22. The quantitative estimate of drug-likeness (QED) is 0.226. The number of anilines is 1. The summed E-state index contributed by atoms with van der Waals surface area (Å²) in [7, 11) is 0. The van der Waals surface area contributed by atoms with Crippen LogP contribution in [0.3, 0.4) is 0 Å². The van der Waals surface area contributed by atoms with Gasteiger partial charge in [-0.3, -0.25) is 19.8 Å². The number of aromatic amines is 3. The minimum atomic E-state index is -1.25. The number of ketones is 1. The van der Waals surface area contributed by atoms with Crippen LogP contribution in [0.2, 0.25) is 0 Å². The van der Waals surface area contributed by atoms with Gasteiger partial charge in [0.15, 0.2) is 11.5 Å². The molecule has 0 saturated heterocycles. The zero-order valence-electron chi connectivity index (χ0n) is 12.5. The first kappa shape index (κ1) is 16.5. The molecule has 0 radical (unpaired) electrons. The van der Waals surface area contributed by atoms with E-state index in [-0.39, 0.29) is 28.6 Å². The number of carboxylic acid groups (broad SMARTS) is 1. The van der Waals surface area contributed by atoms with Gasteiger partial charge in [-0.25, -0.2) is 4.79 Å². The molecular weight excluding hydrogens is 352 g/mol. The standard InChI is InChI=1S/C12H8N8O6/c21-10(5-3-9(19-15-5)20(25)26)4-1-6(16-14-4)11(22)13-8-2-7(12(23)24)17-18-8/h1-3H,(H,14,16)(H,15,19)(H,23,24)(H2,13,17,18,22). The molecule has 0 atom stereocenters. The third-order valence-corrected chi connectivity index (χ3v) is 3.10. The van der Waals surface area contributed by atoms with Crippen molar-refractivity contribution in [2.45, 2.75) is 0 Å². The highest BCUT2D eigenvalue weighted by Crippen LogP contribution is 2.13. The fourth-order valence-corrected chi connectivity index (χ4v) is 1.89. The Morgan fingerprint density at radius 2 is 1.65 bits per heavy atom. The minimum absolute atomic E-state index is 0.0437. The summed E-state index contributed by atoms with van der Waals surface area (Å²) in [6.07, 6.45) is 0. The average Bonchev–Trinajstić information content (AvgIpc) is 3.33. The summed E-state index contributed by atoms with van der Waals surface area (Å²) in [6, 6.07) is 3.16. The molecule has 3 heterocycles. The van der Waals surface area contributed by atoms with Crippen molar-refractivity contribution in [1.82, 2.24) is 30.6 Å². The SMILES string of the molecule is O=C(c1cc(C(=O)Nc2cc(C(=O)O)[nH]n2)[nH]n1)c1cc([N+](=O)[O-])[nH]n1. The number of rotatable bonds is 6. The second kappa shape index (κ2) is 6.27. The van der Waals surface area contributed by atoms with Gasteiger partial charge in [0.25, 0.3) is 5.91 Å². The van der Waals surface area contributed by atoms with Gasteiger partial charge in [0.2, 0.25) is 5.78 Å². The van der Waals surface area contributed by atoms with E-state index in [0.29, 0.717) is 0 Å². The second-order valence-corrected chi connectivity index (χ2v) is 4.82. The Kier molecular flexibility index (Phi) is 3.98. The van der Waals surface area contributed by atoms with E-state index in [1.807, 2.05) is 0 Å². The fraction of sp³-hybridized carbons (Fsp3) is 0. The number of amides is 1. The highest BCUT2D eigenvalue weighted by Gasteiger charge is 2.22. The van der Waals surface area contributed by atoms with Crippen LogP contribution < -0.4 is 5.32 Å². The molecule has 0 aliphatic rings. The molecule has 3 aromatic heterocycles. The molecule has 26 heavy (non-hydrogen) atoms. The summed E-state index contributed by atoms with van der Waals surface area (Å²) < 4.78 is 0. The van der Waals surface area contributed by atoms with Gasteiger partial charge >= 0.3 is 11.8 Å². The number of aromatic carboxylic acids is 1. The lowest BCUT2D eigenvalue weighted by atomic mass is 10.2. The Bertz CT molecular complexity index is 1030. The predicted octanol–water partition coefficient (Wildman–Crippen LogP) is -0.0544. The zero-order valence-corrected chi connectivity index (χ0v) is 12.5. The Balaban J connectivity index is 1.73. The number of carboxylic acids is 1. The molecular formula is C12H8N8O6. The van der Waals surface area contributed by atoms with Crippen LogP contribution in [0, 0.1) is 10.1 Å². The molecule has 5 N–H and O–H groups in total. The number of nitro groups is 1. The van der Waals surface area contributed by atoms with Crippen molar-refractivity contribution < 1.29 is 24.4 Å². The van der Waals surface area contributed by atoms with Crippen molar-refractivity contribution in [3.05, 3.63) is 51.1 Å². The van der Waals surface area contributed by atoms with E-state index in [1.54, 1.807) is 0 Å². The molecule has 0 spiro atoms. The number of carbonyl (C=O) groups is 3.